The van der Waals surface area contributed by atoms with Crippen molar-refractivity contribution < 1.29 is 14.3 Å². The molecule has 0 unspecified atom stereocenters. The van der Waals surface area contributed by atoms with E-state index in [0.29, 0.717) is 13.0 Å². The summed E-state index contributed by atoms with van der Waals surface area (Å²) in [5.74, 6) is -0.155. The quantitative estimate of drug-likeness (QED) is 0.472. The highest BCUT2D eigenvalue weighted by atomic mass is 16.5. The molecule has 0 saturated carbocycles. The van der Waals surface area contributed by atoms with Gasteiger partial charge in [-0.15, -0.1) is 0 Å². The molecule has 0 spiro atoms. The van der Waals surface area contributed by atoms with Crippen molar-refractivity contribution in [2.45, 2.75) is 39.0 Å². The molecule has 0 aliphatic heterocycles. The van der Waals surface area contributed by atoms with Crippen molar-refractivity contribution in [1.82, 2.24) is 0 Å². The highest BCUT2D eigenvalue weighted by Gasteiger charge is 2.05. The van der Waals surface area contributed by atoms with Crippen molar-refractivity contribution in [2.75, 3.05) is 20.3 Å². The van der Waals surface area contributed by atoms with E-state index >= 15 is 0 Å². The Bertz CT molecular complexity index is 629. The van der Waals surface area contributed by atoms with Crippen molar-refractivity contribution in [2.24, 2.45) is 0 Å². The van der Waals surface area contributed by atoms with Crippen molar-refractivity contribution >= 4 is 5.97 Å². The predicted octanol–water partition coefficient (Wildman–Crippen LogP) is 4.49. The SMILES string of the molecule is COCCCCCOC(=O)Cc1ccc(Cc2ccc(C)cc2)cc1. The van der Waals surface area contributed by atoms with Gasteiger partial charge >= 0.3 is 5.97 Å². The molecule has 0 aliphatic carbocycles. The zero-order valence-electron chi connectivity index (χ0n) is 15.3. The average Bonchev–Trinajstić information content (AvgIpc) is 2.62. The Hall–Kier alpha value is -2.13. The lowest BCUT2D eigenvalue weighted by atomic mass is 10.0. The zero-order valence-corrected chi connectivity index (χ0v) is 15.3. The Morgan fingerprint density at radius 2 is 1.36 bits per heavy atom. The Morgan fingerprint density at radius 3 is 2.00 bits per heavy atom. The average molecular weight is 340 g/mol. The summed E-state index contributed by atoms with van der Waals surface area (Å²) in [5, 5.41) is 0. The van der Waals surface area contributed by atoms with Crippen LogP contribution in [0.15, 0.2) is 48.5 Å². The Labute approximate surface area is 151 Å². The molecular formula is C22H28O3. The second-order valence-electron chi connectivity index (χ2n) is 6.43. The number of benzene rings is 2. The number of rotatable bonds is 10. The molecule has 0 saturated heterocycles. The molecule has 3 nitrogen and oxygen atoms in total. The summed E-state index contributed by atoms with van der Waals surface area (Å²) in [5.41, 5.74) is 4.82. The van der Waals surface area contributed by atoms with E-state index in [-0.39, 0.29) is 5.97 Å². The predicted molar refractivity (Wildman–Crippen MR) is 101 cm³/mol. The van der Waals surface area contributed by atoms with E-state index in [9.17, 15) is 4.79 Å². The lowest BCUT2D eigenvalue weighted by Crippen LogP contribution is -2.09. The molecule has 134 valence electrons. The fourth-order valence-electron chi connectivity index (χ4n) is 2.65. The van der Waals surface area contributed by atoms with Gasteiger partial charge in [0.25, 0.3) is 0 Å². The van der Waals surface area contributed by atoms with Crippen LogP contribution in [0.5, 0.6) is 0 Å². The van der Waals surface area contributed by atoms with Crippen LogP contribution in [0.4, 0.5) is 0 Å². The number of hydrogen-bond acceptors (Lipinski definition) is 3. The van der Waals surface area contributed by atoms with E-state index in [4.69, 9.17) is 9.47 Å². The number of esters is 1. The fourth-order valence-corrected chi connectivity index (χ4v) is 2.65. The second kappa shape index (κ2) is 10.7. The Morgan fingerprint density at radius 1 is 0.800 bits per heavy atom. The molecule has 0 radical (unpaired) electrons. The number of methoxy groups -OCH3 is 1. The van der Waals surface area contributed by atoms with Crippen molar-refractivity contribution in [3.63, 3.8) is 0 Å². The van der Waals surface area contributed by atoms with Gasteiger partial charge in [0.2, 0.25) is 0 Å². The minimum absolute atomic E-state index is 0.155. The number of unbranched alkanes of at least 4 members (excludes halogenated alkanes) is 2. The molecule has 2 rings (SSSR count). The Balaban J connectivity index is 1.72. The molecule has 0 aromatic heterocycles. The summed E-state index contributed by atoms with van der Waals surface area (Å²) < 4.78 is 10.3. The summed E-state index contributed by atoms with van der Waals surface area (Å²) in [4.78, 5) is 11.9. The molecule has 0 bridgehead atoms. The van der Waals surface area contributed by atoms with Gasteiger partial charge in [-0.05, 0) is 49.3 Å². The van der Waals surface area contributed by atoms with Crippen LogP contribution in [0, 0.1) is 6.92 Å². The minimum atomic E-state index is -0.155. The number of aryl methyl sites for hydroxylation is 1. The first kappa shape index (κ1) is 19.2. The Kier molecular flexibility index (Phi) is 8.20. The van der Waals surface area contributed by atoms with Gasteiger partial charge in [0.1, 0.15) is 0 Å². The topological polar surface area (TPSA) is 35.5 Å². The summed E-state index contributed by atoms with van der Waals surface area (Å²) in [7, 11) is 1.70. The van der Waals surface area contributed by atoms with Gasteiger partial charge in [0.15, 0.2) is 0 Å². The first-order valence-corrected chi connectivity index (χ1v) is 8.95. The summed E-state index contributed by atoms with van der Waals surface area (Å²) in [6.07, 6.45) is 4.17. The molecule has 0 aliphatic rings. The lowest BCUT2D eigenvalue weighted by Gasteiger charge is -2.07. The molecule has 0 atom stereocenters. The maximum absolute atomic E-state index is 11.9. The van der Waals surface area contributed by atoms with E-state index in [0.717, 1.165) is 37.9 Å². The monoisotopic (exact) mass is 340 g/mol. The maximum Gasteiger partial charge on any atom is 0.310 e. The van der Waals surface area contributed by atoms with E-state index < -0.39 is 0 Å². The highest BCUT2D eigenvalue weighted by Crippen LogP contribution is 2.12. The van der Waals surface area contributed by atoms with Crippen LogP contribution in [-0.2, 0) is 27.1 Å². The van der Waals surface area contributed by atoms with Gasteiger partial charge in [-0.3, -0.25) is 4.79 Å². The molecule has 25 heavy (non-hydrogen) atoms. The standard InChI is InChI=1S/C22H28O3/c1-18-6-8-19(9-7-18)16-20-10-12-21(13-11-20)17-22(23)25-15-5-3-4-14-24-2/h6-13H,3-5,14-17H2,1-2H3. The highest BCUT2D eigenvalue weighted by molar-refractivity contribution is 5.72. The molecular weight excluding hydrogens is 312 g/mol. The van der Waals surface area contributed by atoms with Crippen LogP contribution < -0.4 is 0 Å². The van der Waals surface area contributed by atoms with E-state index in [1.807, 2.05) is 12.1 Å². The van der Waals surface area contributed by atoms with Crippen molar-refractivity contribution in [3.05, 3.63) is 70.8 Å². The second-order valence-corrected chi connectivity index (χ2v) is 6.43. The van der Waals surface area contributed by atoms with Gasteiger partial charge in [0, 0.05) is 13.7 Å². The number of ether oxygens (including phenoxy) is 2. The first-order valence-electron chi connectivity index (χ1n) is 8.95. The zero-order chi connectivity index (χ0) is 17.9. The van der Waals surface area contributed by atoms with E-state index in [2.05, 4.69) is 43.3 Å². The minimum Gasteiger partial charge on any atom is -0.465 e. The smallest absolute Gasteiger partial charge is 0.310 e. The number of hydrogen-bond donors (Lipinski definition) is 0. The molecule has 0 heterocycles. The van der Waals surface area contributed by atoms with Gasteiger partial charge < -0.3 is 9.47 Å². The van der Waals surface area contributed by atoms with Crippen LogP contribution in [-0.4, -0.2) is 26.3 Å². The van der Waals surface area contributed by atoms with Crippen LogP contribution in [0.1, 0.15) is 41.5 Å². The van der Waals surface area contributed by atoms with Gasteiger partial charge in [-0.25, -0.2) is 0 Å². The first-order chi connectivity index (χ1) is 12.2. The summed E-state index contributed by atoms with van der Waals surface area (Å²) in [6, 6.07) is 16.8. The molecule has 2 aromatic rings. The fraction of sp³-hybridized carbons (Fsp3) is 0.409. The third-order valence-corrected chi connectivity index (χ3v) is 4.16. The molecule has 0 amide bonds. The summed E-state index contributed by atoms with van der Waals surface area (Å²) >= 11 is 0. The molecule has 0 fully saturated rings. The third kappa shape index (κ3) is 7.53. The van der Waals surface area contributed by atoms with Crippen molar-refractivity contribution in [3.8, 4) is 0 Å². The van der Waals surface area contributed by atoms with Crippen molar-refractivity contribution in [1.29, 1.82) is 0 Å². The number of carbonyl (C=O) groups excluding carboxylic acids is 1. The molecule has 3 heteroatoms. The normalized spacial score (nSPS) is 10.6. The van der Waals surface area contributed by atoms with Crippen LogP contribution in [0.25, 0.3) is 0 Å². The third-order valence-electron chi connectivity index (χ3n) is 4.16. The number of carbonyl (C=O) groups is 1. The summed E-state index contributed by atoms with van der Waals surface area (Å²) in [6.45, 7) is 3.36. The molecule has 2 aromatic carbocycles. The maximum atomic E-state index is 11.9. The van der Waals surface area contributed by atoms with E-state index in [1.54, 1.807) is 7.11 Å². The lowest BCUT2D eigenvalue weighted by molar-refractivity contribution is -0.142. The van der Waals surface area contributed by atoms with Crippen LogP contribution in [0.3, 0.4) is 0 Å². The molecule has 0 N–H and O–H groups in total. The van der Waals surface area contributed by atoms with Gasteiger partial charge in [-0.1, -0.05) is 54.1 Å². The largest absolute Gasteiger partial charge is 0.465 e. The van der Waals surface area contributed by atoms with Gasteiger partial charge in [-0.2, -0.15) is 0 Å². The van der Waals surface area contributed by atoms with Crippen LogP contribution >= 0.6 is 0 Å². The van der Waals surface area contributed by atoms with Gasteiger partial charge in [0.05, 0.1) is 13.0 Å². The van der Waals surface area contributed by atoms with E-state index in [1.165, 1.54) is 16.7 Å². The van der Waals surface area contributed by atoms with Crippen LogP contribution in [0.2, 0.25) is 0 Å².